The van der Waals surface area contributed by atoms with Crippen molar-refractivity contribution in [3.8, 4) is 0 Å². The maximum atomic E-state index is 12.2. The number of nitrogens with zero attached hydrogens (tertiary/aromatic N) is 3. The first-order chi connectivity index (χ1) is 10.1. The van der Waals surface area contributed by atoms with Gasteiger partial charge in [0.2, 0.25) is 5.91 Å². The zero-order valence-electron chi connectivity index (χ0n) is 12.8. The second-order valence-electron chi connectivity index (χ2n) is 5.00. The molecule has 1 aromatic carbocycles. The van der Waals surface area contributed by atoms with Crippen molar-refractivity contribution < 1.29 is 4.79 Å². The topological polar surface area (TPSA) is 62.5 Å². The second-order valence-corrected chi connectivity index (χ2v) is 5.00. The van der Waals surface area contributed by atoms with Gasteiger partial charge in [0, 0.05) is 37.4 Å². The first kappa shape index (κ1) is 15.1. The summed E-state index contributed by atoms with van der Waals surface area (Å²) in [6.45, 7) is 5.76. The summed E-state index contributed by atoms with van der Waals surface area (Å²) in [5.74, 6) is 0.114. The number of rotatable bonds is 5. The molecule has 0 aliphatic heterocycles. The van der Waals surface area contributed by atoms with Gasteiger partial charge in [0.15, 0.2) is 0 Å². The summed E-state index contributed by atoms with van der Waals surface area (Å²) in [5.41, 5.74) is 8.43. The van der Waals surface area contributed by atoms with Crippen molar-refractivity contribution in [1.29, 1.82) is 0 Å². The first-order valence-corrected chi connectivity index (χ1v) is 7.20. The molecule has 1 aromatic heterocycles. The van der Waals surface area contributed by atoms with Crippen LogP contribution in [-0.2, 0) is 4.79 Å². The Hall–Kier alpha value is -2.30. The molecule has 112 valence electrons. The smallest absolute Gasteiger partial charge is 0.242 e. The summed E-state index contributed by atoms with van der Waals surface area (Å²) >= 11 is 0. The predicted octanol–water partition coefficient (Wildman–Crippen LogP) is 2.12. The van der Waals surface area contributed by atoms with Crippen molar-refractivity contribution in [2.45, 2.75) is 13.8 Å². The van der Waals surface area contributed by atoms with Gasteiger partial charge in [0.05, 0.1) is 17.7 Å². The number of amides is 1. The zero-order valence-corrected chi connectivity index (χ0v) is 12.8. The summed E-state index contributed by atoms with van der Waals surface area (Å²) in [7, 11) is 1.90. The molecule has 0 unspecified atom stereocenters. The van der Waals surface area contributed by atoms with E-state index in [1.807, 2.05) is 55.0 Å². The van der Waals surface area contributed by atoms with Crippen molar-refractivity contribution in [1.82, 2.24) is 9.88 Å². The number of aromatic nitrogens is 1. The SMILES string of the molecule is CCN(CC)C(=O)CN(C)c1ccc(N)c2cccnc12. The van der Waals surface area contributed by atoms with Crippen LogP contribution < -0.4 is 10.6 Å². The quantitative estimate of drug-likeness (QED) is 0.855. The van der Waals surface area contributed by atoms with E-state index in [2.05, 4.69) is 4.98 Å². The van der Waals surface area contributed by atoms with E-state index in [1.54, 1.807) is 6.20 Å². The third-order valence-electron chi connectivity index (χ3n) is 3.68. The van der Waals surface area contributed by atoms with E-state index in [9.17, 15) is 4.79 Å². The van der Waals surface area contributed by atoms with Gasteiger partial charge in [-0.05, 0) is 38.1 Å². The number of likely N-dealkylation sites (N-methyl/N-ethyl adjacent to an activating group) is 2. The van der Waals surface area contributed by atoms with Gasteiger partial charge in [-0.3, -0.25) is 9.78 Å². The molecule has 0 spiro atoms. The molecule has 5 nitrogen and oxygen atoms in total. The van der Waals surface area contributed by atoms with E-state index in [0.717, 1.165) is 29.7 Å². The third kappa shape index (κ3) is 3.07. The lowest BCUT2D eigenvalue weighted by atomic mass is 10.1. The van der Waals surface area contributed by atoms with Gasteiger partial charge in [-0.2, -0.15) is 0 Å². The minimum absolute atomic E-state index is 0.114. The summed E-state index contributed by atoms with van der Waals surface area (Å²) in [4.78, 5) is 20.4. The molecule has 0 fully saturated rings. The molecule has 0 aliphatic rings. The molecule has 0 aliphatic carbocycles. The molecule has 0 saturated heterocycles. The Morgan fingerprint density at radius 1 is 1.24 bits per heavy atom. The van der Waals surface area contributed by atoms with Crippen molar-refractivity contribution >= 4 is 28.2 Å². The Balaban J connectivity index is 2.30. The van der Waals surface area contributed by atoms with Gasteiger partial charge >= 0.3 is 0 Å². The first-order valence-electron chi connectivity index (χ1n) is 7.20. The molecule has 0 bridgehead atoms. The largest absolute Gasteiger partial charge is 0.398 e. The standard InChI is InChI=1S/C16H22N4O/c1-4-20(5-2)15(21)11-19(3)14-9-8-13(17)12-7-6-10-18-16(12)14/h6-10H,4-5,11,17H2,1-3H3. The van der Waals surface area contributed by atoms with Crippen LogP contribution in [0.4, 0.5) is 11.4 Å². The van der Waals surface area contributed by atoms with E-state index in [1.165, 1.54) is 0 Å². The van der Waals surface area contributed by atoms with Crippen LogP contribution in [0.2, 0.25) is 0 Å². The summed E-state index contributed by atoms with van der Waals surface area (Å²) < 4.78 is 0. The fraction of sp³-hybridized carbons (Fsp3) is 0.375. The predicted molar refractivity (Wildman–Crippen MR) is 87.4 cm³/mol. The molecule has 2 rings (SSSR count). The second kappa shape index (κ2) is 6.43. The lowest BCUT2D eigenvalue weighted by Gasteiger charge is -2.25. The number of pyridine rings is 1. The molecule has 0 atom stereocenters. The van der Waals surface area contributed by atoms with Crippen LogP contribution in [0.15, 0.2) is 30.5 Å². The third-order valence-corrected chi connectivity index (χ3v) is 3.68. The summed E-state index contributed by atoms with van der Waals surface area (Å²) in [6.07, 6.45) is 1.74. The zero-order chi connectivity index (χ0) is 15.4. The number of benzene rings is 1. The summed E-state index contributed by atoms with van der Waals surface area (Å²) in [5, 5.41) is 0.914. The molecule has 5 heteroatoms. The highest BCUT2D eigenvalue weighted by Gasteiger charge is 2.15. The van der Waals surface area contributed by atoms with Crippen LogP contribution in [0.5, 0.6) is 0 Å². The normalized spacial score (nSPS) is 10.6. The highest BCUT2D eigenvalue weighted by Crippen LogP contribution is 2.28. The molecule has 0 radical (unpaired) electrons. The maximum absolute atomic E-state index is 12.2. The minimum atomic E-state index is 0.114. The van der Waals surface area contributed by atoms with E-state index in [0.29, 0.717) is 12.2 Å². The van der Waals surface area contributed by atoms with Gasteiger partial charge in [-0.15, -0.1) is 0 Å². The molecule has 21 heavy (non-hydrogen) atoms. The Kier molecular flexibility index (Phi) is 4.62. The number of anilines is 2. The number of nitrogen functional groups attached to an aromatic ring is 1. The molecular formula is C16H22N4O. The van der Waals surface area contributed by atoms with Gasteiger partial charge in [0.25, 0.3) is 0 Å². The lowest BCUT2D eigenvalue weighted by Crippen LogP contribution is -2.38. The number of hydrogen-bond donors (Lipinski definition) is 1. The van der Waals surface area contributed by atoms with Crippen LogP contribution in [-0.4, -0.2) is 42.5 Å². The molecule has 1 amide bonds. The molecule has 1 heterocycles. The monoisotopic (exact) mass is 286 g/mol. The van der Waals surface area contributed by atoms with Crippen molar-refractivity contribution in [3.05, 3.63) is 30.5 Å². The van der Waals surface area contributed by atoms with Gasteiger partial charge in [-0.25, -0.2) is 0 Å². The average Bonchev–Trinajstić information content (AvgIpc) is 2.49. The van der Waals surface area contributed by atoms with Crippen LogP contribution in [0.3, 0.4) is 0 Å². The van der Waals surface area contributed by atoms with Crippen LogP contribution in [0.1, 0.15) is 13.8 Å². The van der Waals surface area contributed by atoms with Crippen LogP contribution in [0, 0.1) is 0 Å². The van der Waals surface area contributed by atoms with Crippen LogP contribution in [0.25, 0.3) is 10.9 Å². The number of carbonyl (C=O) groups excluding carboxylic acids is 1. The maximum Gasteiger partial charge on any atom is 0.242 e. The van der Waals surface area contributed by atoms with E-state index < -0.39 is 0 Å². The highest BCUT2D eigenvalue weighted by molar-refractivity contribution is 5.99. The number of nitrogens with two attached hydrogens (primary N) is 1. The van der Waals surface area contributed by atoms with E-state index in [-0.39, 0.29) is 5.91 Å². The Morgan fingerprint density at radius 3 is 2.62 bits per heavy atom. The highest BCUT2D eigenvalue weighted by atomic mass is 16.2. The van der Waals surface area contributed by atoms with Gasteiger partial charge in [0.1, 0.15) is 0 Å². The van der Waals surface area contributed by atoms with Crippen molar-refractivity contribution in [2.24, 2.45) is 0 Å². The van der Waals surface area contributed by atoms with Gasteiger partial charge in [-0.1, -0.05) is 0 Å². The van der Waals surface area contributed by atoms with Crippen LogP contribution >= 0.6 is 0 Å². The Morgan fingerprint density at radius 2 is 1.95 bits per heavy atom. The molecular weight excluding hydrogens is 264 g/mol. The average molecular weight is 286 g/mol. The Labute approximate surface area is 125 Å². The van der Waals surface area contributed by atoms with Gasteiger partial charge < -0.3 is 15.5 Å². The Bertz CT molecular complexity index is 637. The summed E-state index contributed by atoms with van der Waals surface area (Å²) in [6, 6.07) is 7.59. The van der Waals surface area contributed by atoms with E-state index in [4.69, 9.17) is 5.73 Å². The molecule has 0 saturated carbocycles. The number of hydrogen-bond acceptors (Lipinski definition) is 4. The molecule has 2 aromatic rings. The van der Waals surface area contributed by atoms with E-state index >= 15 is 0 Å². The number of carbonyl (C=O) groups is 1. The fourth-order valence-electron chi connectivity index (χ4n) is 2.45. The number of fused-ring (bicyclic) bond motifs is 1. The lowest BCUT2D eigenvalue weighted by molar-refractivity contribution is -0.129. The van der Waals surface area contributed by atoms with Crippen molar-refractivity contribution in [3.63, 3.8) is 0 Å². The van der Waals surface area contributed by atoms with Crippen molar-refractivity contribution in [2.75, 3.05) is 37.3 Å². The molecule has 2 N–H and O–H groups in total. The minimum Gasteiger partial charge on any atom is -0.398 e. The fourth-order valence-corrected chi connectivity index (χ4v) is 2.45.